The first-order chi connectivity index (χ1) is 13.6. The van der Waals surface area contributed by atoms with Gasteiger partial charge in [-0.3, -0.25) is 9.81 Å². The highest BCUT2D eigenvalue weighted by atomic mass is 32.1. The SMILES string of the molecule is COC(=O)c1ccc(C(=N)/C(=C\N)c2ccc3ncc(-c4nccs4)n3c2)s1. The van der Waals surface area contributed by atoms with Crippen LogP contribution in [0.2, 0.25) is 0 Å². The Balaban J connectivity index is 1.73. The number of hydrogen-bond acceptors (Lipinski definition) is 8. The first kappa shape index (κ1) is 18.1. The number of pyridine rings is 1. The molecule has 4 aromatic rings. The standard InChI is InChI=1S/C19H15N5O2S2/c1-26-19(25)15-4-3-14(28-15)17(21)12(8-20)11-2-5-16-23-9-13(24(16)10-11)18-22-6-7-27-18/h2-10,21H,20H2,1H3/b12-8-,21-17?. The number of allylic oxidation sites excluding steroid dienone is 1. The maximum absolute atomic E-state index is 11.7. The van der Waals surface area contributed by atoms with Crippen LogP contribution in [0.25, 0.3) is 21.9 Å². The molecule has 0 atom stereocenters. The van der Waals surface area contributed by atoms with E-state index in [-0.39, 0.29) is 5.71 Å². The third-order valence-corrected chi connectivity index (χ3v) is 6.02. The molecule has 28 heavy (non-hydrogen) atoms. The minimum absolute atomic E-state index is 0.234. The van der Waals surface area contributed by atoms with Gasteiger partial charge in [-0.05, 0) is 24.3 Å². The van der Waals surface area contributed by atoms with Gasteiger partial charge in [-0.15, -0.1) is 22.7 Å². The second kappa shape index (κ2) is 7.37. The number of nitrogens with two attached hydrogens (primary N) is 1. The van der Waals surface area contributed by atoms with E-state index < -0.39 is 5.97 Å². The van der Waals surface area contributed by atoms with E-state index in [1.54, 1.807) is 24.5 Å². The molecule has 0 aromatic carbocycles. The van der Waals surface area contributed by atoms with Crippen LogP contribution in [0.3, 0.4) is 0 Å². The number of methoxy groups -OCH3 is 1. The highest BCUT2D eigenvalue weighted by Gasteiger charge is 2.17. The summed E-state index contributed by atoms with van der Waals surface area (Å²) in [4.78, 5) is 21.5. The van der Waals surface area contributed by atoms with Crippen LogP contribution in [0.5, 0.6) is 0 Å². The number of nitrogens with one attached hydrogen (secondary N) is 1. The molecule has 0 saturated heterocycles. The molecule has 140 valence electrons. The zero-order valence-corrected chi connectivity index (χ0v) is 16.4. The highest BCUT2D eigenvalue weighted by molar-refractivity contribution is 7.16. The van der Waals surface area contributed by atoms with E-state index in [1.807, 2.05) is 28.1 Å². The first-order valence-corrected chi connectivity index (χ1v) is 9.88. The van der Waals surface area contributed by atoms with Crippen LogP contribution in [0, 0.1) is 5.41 Å². The lowest BCUT2D eigenvalue weighted by Gasteiger charge is -2.09. The van der Waals surface area contributed by atoms with Crippen molar-refractivity contribution in [1.82, 2.24) is 14.4 Å². The fraction of sp³-hybridized carbons (Fsp3) is 0.0526. The van der Waals surface area contributed by atoms with Gasteiger partial charge in [0.05, 0.1) is 23.9 Å². The van der Waals surface area contributed by atoms with Crippen molar-refractivity contribution in [3.8, 4) is 10.7 Å². The summed E-state index contributed by atoms with van der Waals surface area (Å²) in [5.41, 5.74) is 9.07. The van der Waals surface area contributed by atoms with Crippen molar-refractivity contribution < 1.29 is 9.53 Å². The molecule has 0 aliphatic heterocycles. The molecule has 9 heteroatoms. The Labute approximate surface area is 168 Å². The largest absolute Gasteiger partial charge is 0.465 e. The van der Waals surface area contributed by atoms with Crippen LogP contribution in [-0.2, 0) is 4.74 Å². The Morgan fingerprint density at radius 2 is 2.07 bits per heavy atom. The van der Waals surface area contributed by atoms with E-state index >= 15 is 0 Å². The maximum atomic E-state index is 11.7. The van der Waals surface area contributed by atoms with Gasteiger partial charge >= 0.3 is 5.97 Å². The number of nitrogens with zero attached hydrogens (tertiary/aromatic N) is 3. The van der Waals surface area contributed by atoms with E-state index in [9.17, 15) is 4.79 Å². The molecule has 4 aromatic heterocycles. The molecule has 0 saturated carbocycles. The number of thiazole rings is 1. The van der Waals surface area contributed by atoms with Gasteiger partial charge in [0.15, 0.2) is 0 Å². The van der Waals surface area contributed by atoms with Crippen molar-refractivity contribution in [2.24, 2.45) is 5.73 Å². The Morgan fingerprint density at radius 3 is 2.79 bits per heavy atom. The Morgan fingerprint density at radius 1 is 1.25 bits per heavy atom. The molecular formula is C19H15N5O2S2. The number of thiophene rings is 1. The minimum Gasteiger partial charge on any atom is -0.465 e. The smallest absolute Gasteiger partial charge is 0.348 e. The monoisotopic (exact) mass is 409 g/mol. The summed E-state index contributed by atoms with van der Waals surface area (Å²) in [6, 6.07) is 7.11. The summed E-state index contributed by atoms with van der Waals surface area (Å²) < 4.78 is 6.66. The molecule has 0 bridgehead atoms. The topological polar surface area (TPSA) is 106 Å². The van der Waals surface area contributed by atoms with E-state index in [1.165, 1.54) is 36.0 Å². The molecule has 0 spiro atoms. The van der Waals surface area contributed by atoms with Crippen LogP contribution in [-0.4, -0.2) is 33.2 Å². The quantitative estimate of drug-likeness (QED) is 0.386. The van der Waals surface area contributed by atoms with Crippen LogP contribution in [0.4, 0.5) is 0 Å². The van der Waals surface area contributed by atoms with Crippen molar-refractivity contribution in [3.63, 3.8) is 0 Å². The van der Waals surface area contributed by atoms with Gasteiger partial charge in [0, 0.05) is 35.1 Å². The molecule has 4 rings (SSSR count). The molecule has 0 aliphatic rings. The zero-order chi connectivity index (χ0) is 19.7. The molecule has 0 amide bonds. The third-order valence-electron chi connectivity index (χ3n) is 4.14. The molecule has 0 unspecified atom stereocenters. The van der Waals surface area contributed by atoms with Gasteiger partial charge in [0.1, 0.15) is 21.2 Å². The Kier molecular flexibility index (Phi) is 4.76. The van der Waals surface area contributed by atoms with Crippen molar-refractivity contribution >= 4 is 45.6 Å². The molecule has 0 fully saturated rings. The molecular weight excluding hydrogens is 394 g/mol. The molecule has 3 N–H and O–H groups in total. The van der Waals surface area contributed by atoms with Gasteiger partial charge in [0.2, 0.25) is 0 Å². The number of ether oxygens (including phenoxy) is 1. The van der Waals surface area contributed by atoms with Crippen LogP contribution in [0.15, 0.2) is 54.4 Å². The lowest BCUT2D eigenvalue weighted by atomic mass is 10.0. The number of imidazole rings is 1. The molecule has 7 nitrogen and oxygen atoms in total. The van der Waals surface area contributed by atoms with Crippen molar-refractivity contribution in [3.05, 3.63) is 69.8 Å². The number of esters is 1. The fourth-order valence-corrected chi connectivity index (χ4v) is 4.32. The summed E-state index contributed by atoms with van der Waals surface area (Å²) in [5, 5.41) is 11.3. The van der Waals surface area contributed by atoms with Crippen LogP contribution in [0.1, 0.15) is 20.1 Å². The number of carbonyl (C=O) groups excluding carboxylic acids is 1. The van der Waals surface area contributed by atoms with Gasteiger partial charge in [-0.1, -0.05) is 0 Å². The molecule has 4 heterocycles. The fourth-order valence-electron chi connectivity index (χ4n) is 2.79. The Hall–Kier alpha value is -3.30. The average Bonchev–Trinajstić information content (AvgIpc) is 3.47. The van der Waals surface area contributed by atoms with E-state index in [0.29, 0.717) is 15.3 Å². The Bertz CT molecular complexity index is 1200. The van der Waals surface area contributed by atoms with Gasteiger partial charge in [0.25, 0.3) is 0 Å². The summed E-state index contributed by atoms with van der Waals surface area (Å²) in [6.45, 7) is 0. The predicted molar refractivity (Wildman–Crippen MR) is 111 cm³/mol. The van der Waals surface area contributed by atoms with Crippen LogP contribution >= 0.6 is 22.7 Å². The predicted octanol–water partition coefficient (Wildman–Crippen LogP) is 3.67. The molecule has 0 radical (unpaired) electrons. The van der Waals surface area contributed by atoms with Gasteiger partial charge in [-0.25, -0.2) is 14.8 Å². The number of carbonyl (C=O) groups is 1. The second-order valence-electron chi connectivity index (χ2n) is 5.74. The van der Waals surface area contributed by atoms with E-state index in [2.05, 4.69) is 9.97 Å². The normalized spacial score (nSPS) is 11.7. The number of rotatable bonds is 5. The van der Waals surface area contributed by atoms with Gasteiger partial charge in [-0.2, -0.15) is 0 Å². The van der Waals surface area contributed by atoms with Crippen LogP contribution < -0.4 is 5.73 Å². The number of fused-ring (bicyclic) bond motifs is 1. The third kappa shape index (κ3) is 3.10. The minimum atomic E-state index is -0.421. The summed E-state index contributed by atoms with van der Waals surface area (Å²) in [6.07, 6.45) is 6.82. The summed E-state index contributed by atoms with van der Waals surface area (Å²) in [7, 11) is 1.33. The second-order valence-corrected chi connectivity index (χ2v) is 7.72. The van der Waals surface area contributed by atoms with E-state index in [0.717, 1.165) is 21.9 Å². The zero-order valence-electron chi connectivity index (χ0n) is 14.7. The van der Waals surface area contributed by atoms with Gasteiger partial charge < -0.3 is 10.5 Å². The molecule has 0 aliphatic carbocycles. The first-order valence-electron chi connectivity index (χ1n) is 8.19. The maximum Gasteiger partial charge on any atom is 0.348 e. The van der Waals surface area contributed by atoms with Crippen molar-refractivity contribution in [1.29, 1.82) is 5.41 Å². The average molecular weight is 409 g/mol. The highest BCUT2D eigenvalue weighted by Crippen LogP contribution is 2.28. The lowest BCUT2D eigenvalue weighted by Crippen LogP contribution is -2.05. The number of aromatic nitrogens is 3. The summed E-state index contributed by atoms with van der Waals surface area (Å²) >= 11 is 2.73. The summed E-state index contributed by atoms with van der Waals surface area (Å²) in [5.74, 6) is -0.421. The van der Waals surface area contributed by atoms with E-state index in [4.69, 9.17) is 15.9 Å². The number of hydrogen-bond donors (Lipinski definition) is 2. The van der Waals surface area contributed by atoms with Crippen molar-refractivity contribution in [2.75, 3.05) is 7.11 Å². The lowest BCUT2D eigenvalue weighted by molar-refractivity contribution is 0.0606. The van der Waals surface area contributed by atoms with Crippen molar-refractivity contribution in [2.45, 2.75) is 0 Å².